The number of halogens is 1. The summed E-state index contributed by atoms with van der Waals surface area (Å²) in [6, 6.07) is 4.68. The fourth-order valence-electron chi connectivity index (χ4n) is 1.30. The molecule has 3 nitrogen and oxygen atoms in total. The van der Waals surface area contributed by atoms with Crippen molar-refractivity contribution in [2.75, 3.05) is 12.0 Å². The number of benzene rings is 1. The normalized spacial score (nSPS) is 13.6. The third kappa shape index (κ3) is 4.65. The molecule has 1 unspecified atom stereocenters. The molecule has 0 saturated heterocycles. The van der Waals surface area contributed by atoms with E-state index in [9.17, 15) is 12.8 Å². The van der Waals surface area contributed by atoms with Crippen LogP contribution in [-0.4, -0.2) is 26.5 Å². The second-order valence-corrected chi connectivity index (χ2v) is 6.46. The average Bonchev–Trinajstić information content (AvgIpc) is 2.26. The van der Waals surface area contributed by atoms with Gasteiger partial charge in [-0.1, -0.05) is 0 Å². The second-order valence-electron chi connectivity index (χ2n) is 3.76. The van der Waals surface area contributed by atoms with Gasteiger partial charge in [-0.2, -0.15) is 11.8 Å². The first-order valence-corrected chi connectivity index (χ1v) is 8.10. The SMILES string of the molecule is CSCCC(C)NS(=O)(=O)c1ccc(F)cc1. The van der Waals surface area contributed by atoms with Crippen molar-refractivity contribution >= 4 is 21.8 Å². The van der Waals surface area contributed by atoms with E-state index in [1.54, 1.807) is 11.8 Å². The Morgan fingerprint density at radius 3 is 2.47 bits per heavy atom. The van der Waals surface area contributed by atoms with Crippen LogP contribution >= 0.6 is 11.8 Å². The Balaban J connectivity index is 2.71. The lowest BCUT2D eigenvalue weighted by atomic mass is 10.3. The summed E-state index contributed by atoms with van der Waals surface area (Å²) in [4.78, 5) is 0.0925. The smallest absolute Gasteiger partial charge is 0.208 e. The third-order valence-corrected chi connectivity index (χ3v) is 4.48. The van der Waals surface area contributed by atoms with Crippen molar-refractivity contribution in [3.05, 3.63) is 30.1 Å². The highest BCUT2D eigenvalue weighted by Crippen LogP contribution is 2.11. The van der Waals surface area contributed by atoms with Gasteiger partial charge in [0.05, 0.1) is 4.90 Å². The van der Waals surface area contributed by atoms with Gasteiger partial charge in [0.15, 0.2) is 0 Å². The van der Waals surface area contributed by atoms with Crippen molar-refractivity contribution in [1.82, 2.24) is 4.72 Å². The van der Waals surface area contributed by atoms with Crippen LogP contribution in [0.3, 0.4) is 0 Å². The number of hydrogen-bond acceptors (Lipinski definition) is 3. The minimum atomic E-state index is -3.53. The topological polar surface area (TPSA) is 46.2 Å². The van der Waals surface area contributed by atoms with Crippen LogP contribution in [0.1, 0.15) is 13.3 Å². The Morgan fingerprint density at radius 2 is 1.94 bits per heavy atom. The summed E-state index contributed by atoms with van der Waals surface area (Å²) in [5.41, 5.74) is 0. The molecule has 0 bridgehead atoms. The quantitative estimate of drug-likeness (QED) is 0.867. The molecule has 1 aromatic carbocycles. The first-order valence-electron chi connectivity index (χ1n) is 5.22. The highest BCUT2D eigenvalue weighted by molar-refractivity contribution is 7.98. The molecular formula is C11H16FNO2S2. The zero-order valence-corrected chi connectivity index (χ0v) is 11.4. The van der Waals surface area contributed by atoms with E-state index in [1.807, 2.05) is 13.2 Å². The summed E-state index contributed by atoms with van der Waals surface area (Å²) < 4.78 is 39.0. The molecule has 0 spiro atoms. The van der Waals surface area contributed by atoms with Gasteiger partial charge in [0.2, 0.25) is 10.0 Å². The summed E-state index contributed by atoms with van der Waals surface area (Å²) in [7, 11) is -3.53. The fraction of sp³-hybridized carbons (Fsp3) is 0.455. The first-order chi connectivity index (χ1) is 7.95. The summed E-state index contributed by atoms with van der Waals surface area (Å²) in [6.07, 6.45) is 2.74. The van der Waals surface area contributed by atoms with Gasteiger partial charge in [-0.25, -0.2) is 17.5 Å². The van der Waals surface area contributed by atoms with E-state index in [0.29, 0.717) is 0 Å². The van der Waals surface area contributed by atoms with E-state index in [0.717, 1.165) is 24.3 Å². The molecule has 0 aliphatic rings. The molecule has 0 radical (unpaired) electrons. The van der Waals surface area contributed by atoms with Crippen LogP contribution in [0.25, 0.3) is 0 Å². The zero-order valence-electron chi connectivity index (χ0n) is 9.81. The predicted molar refractivity (Wildman–Crippen MR) is 69.2 cm³/mol. The lowest BCUT2D eigenvalue weighted by Gasteiger charge is -2.13. The maximum atomic E-state index is 12.7. The van der Waals surface area contributed by atoms with Gasteiger partial charge in [0.1, 0.15) is 5.82 Å². The Bertz CT molecular complexity index is 445. The lowest BCUT2D eigenvalue weighted by molar-refractivity contribution is 0.556. The molecule has 0 aliphatic heterocycles. The van der Waals surface area contributed by atoms with Crippen LogP contribution in [0.2, 0.25) is 0 Å². The molecule has 96 valence electrons. The molecule has 0 aliphatic carbocycles. The summed E-state index contributed by atoms with van der Waals surface area (Å²) in [5, 5.41) is 0. The Hall–Kier alpha value is -0.590. The largest absolute Gasteiger partial charge is 0.240 e. The average molecular weight is 277 g/mol. The fourth-order valence-corrected chi connectivity index (χ4v) is 3.17. The number of thioether (sulfide) groups is 1. The van der Waals surface area contributed by atoms with Crippen LogP contribution in [0.5, 0.6) is 0 Å². The molecule has 0 heterocycles. The predicted octanol–water partition coefficient (Wildman–Crippen LogP) is 2.25. The van der Waals surface area contributed by atoms with E-state index >= 15 is 0 Å². The molecule has 0 saturated carbocycles. The highest BCUT2D eigenvalue weighted by atomic mass is 32.2. The monoisotopic (exact) mass is 277 g/mol. The van der Waals surface area contributed by atoms with Gasteiger partial charge >= 0.3 is 0 Å². The van der Waals surface area contributed by atoms with Crippen molar-refractivity contribution in [3.8, 4) is 0 Å². The van der Waals surface area contributed by atoms with Gasteiger partial charge in [0.25, 0.3) is 0 Å². The standard InChI is InChI=1S/C11H16FNO2S2/c1-9(7-8-16-2)13-17(14,15)11-5-3-10(12)4-6-11/h3-6,9,13H,7-8H2,1-2H3. The second kappa shape index (κ2) is 6.37. The first kappa shape index (κ1) is 14.5. The number of nitrogens with one attached hydrogen (secondary N) is 1. The van der Waals surface area contributed by atoms with Crippen molar-refractivity contribution in [1.29, 1.82) is 0 Å². The molecule has 0 amide bonds. The molecule has 0 aromatic heterocycles. The van der Waals surface area contributed by atoms with Gasteiger partial charge in [-0.05, 0) is 49.6 Å². The van der Waals surface area contributed by atoms with E-state index in [4.69, 9.17) is 0 Å². The Kier molecular flexibility index (Phi) is 5.42. The summed E-state index contributed by atoms with van der Waals surface area (Å²) in [6.45, 7) is 1.82. The molecule has 6 heteroatoms. The molecule has 1 aromatic rings. The highest BCUT2D eigenvalue weighted by Gasteiger charge is 2.16. The molecule has 1 rings (SSSR count). The number of sulfonamides is 1. The van der Waals surface area contributed by atoms with E-state index < -0.39 is 15.8 Å². The van der Waals surface area contributed by atoms with Gasteiger partial charge in [-0.15, -0.1) is 0 Å². The molecule has 17 heavy (non-hydrogen) atoms. The minimum absolute atomic E-state index is 0.0925. The van der Waals surface area contributed by atoms with Gasteiger partial charge in [-0.3, -0.25) is 0 Å². The van der Waals surface area contributed by atoms with Crippen LogP contribution < -0.4 is 4.72 Å². The molecule has 1 atom stereocenters. The third-order valence-electron chi connectivity index (χ3n) is 2.24. The maximum Gasteiger partial charge on any atom is 0.240 e. The van der Waals surface area contributed by atoms with Crippen molar-refractivity contribution in [3.63, 3.8) is 0 Å². The van der Waals surface area contributed by atoms with Crippen LogP contribution in [-0.2, 0) is 10.0 Å². The van der Waals surface area contributed by atoms with Gasteiger partial charge in [0, 0.05) is 6.04 Å². The molecule has 0 fully saturated rings. The Morgan fingerprint density at radius 1 is 1.35 bits per heavy atom. The van der Waals surface area contributed by atoms with Crippen molar-refractivity contribution < 1.29 is 12.8 Å². The lowest BCUT2D eigenvalue weighted by Crippen LogP contribution is -2.32. The molecule has 1 N–H and O–H groups in total. The Labute approximate surface area is 106 Å². The van der Waals surface area contributed by atoms with Crippen molar-refractivity contribution in [2.24, 2.45) is 0 Å². The summed E-state index contributed by atoms with van der Waals surface area (Å²) in [5.74, 6) is 0.451. The van der Waals surface area contributed by atoms with E-state index in [-0.39, 0.29) is 10.9 Å². The molecular weight excluding hydrogens is 261 g/mol. The van der Waals surface area contributed by atoms with Gasteiger partial charge < -0.3 is 0 Å². The number of hydrogen-bond donors (Lipinski definition) is 1. The minimum Gasteiger partial charge on any atom is -0.208 e. The van der Waals surface area contributed by atoms with Crippen LogP contribution in [0.4, 0.5) is 4.39 Å². The van der Waals surface area contributed by atoms with Crippen molar-refractivity contribution in [2.45, 2.75) is 24.3 Å². The zero-order chi connectivity index (χ0) is 12.9. The number of rotatable bonds is 6. The maximum absolute atomic E-state index is 12.7. The van der Waals surface area contributed by atoms with Crippen LogP contribution in [0, 0.1) is 5.82 Å². The van der Waals surface area contributed by atoms with E-state index in [1.165, 1.54) is 12.1 Å². The van der Waals surface area contributed by atoms with Crippen LogP contribution in [0.15, 0.2) is 29.2 Å². The summed E-state index contributed by atoms with van der Waals surface area (Å²) >= 11 is 1.67. The van der Waals surface area contributed by atoms with E-state index in [2.05, 4.69) is 4.72 Å².